The fourth-order valence-electron chi connectivity index (χ4n) is 1.63. The van der Waals surface area contributed by atoms with Crippen molar-refractivity contribution in [3.05, 3.63) is 30.2 Å². The number of rotatable bonds is 4. The summed E-state index contributed by atoms with van der Waals surface area (Å²) in [4.78, 5) is 26.6. The SMILES string of the molecule is CCC(NC(=O)O)C(=O)c1nc2ccccc2o1. The van der Waals surface area contributed by atoms with Gasteiger partial charge in [0.05, 0.1) is 0 Å². The van der Waals surface area contributed by atoms with Crippen molar-refractivity contribution in [2.24, 2.45) is 0 Å². The van der Waals surface area contributed by atoms with Crippen LogP contribution in [0.2, 0.25) is 0 Å². The van der Waals surface area contributed by atoms with E-state index in [9.17, 15) is 9.59 Å². The van der Waals surface area contributed by atoms with Gasteiger partial charge >= 0.3 is 6.09 Å². The number of ketones is 1. The summed E-state index contributed by atoms with van der Waals surface area (Å²) in [5.74, 6) is -0.534. The van der Waals surface area contributed by atoms with Crippen molar-refractivity contribution in [2.45, 2.75) is 19.4 Å². The van der Waals surface area contributed by atoms with Gasteiger partial charge in [0, 0.05) is 0 Å². The Labute approximate surface area is 103 Å². The topological polar surface area (TPSA) is 92.4 Å². The van der Waals surface area contributed by atoms with E-state index in [2.05, 4.69) is 10.3 Å². The lowest BCUT2D eigenvalue weighted by molar-refractivity contribution is 0.0902. The summed E-state index contributed by atoms with van der Waals surface area (Å²) in [5.41, 5.74) is 1.08. The van der Waals surface area contributed by atoms with Gasteiger partial charge in [0.15, 0.2) is 5.58 Å². The zero-order chi connectivity index (χ0) is 13.1. The Hall–Kier alpha value is -2.37. The molecule has 1 atom stereocenters. The number of nitrogens with one attached hydrogen (secondary N) is 1. The molecule has 0 bridgehead atoms. The number of carbonyl (C=O) groups is 2. The predicted molar refractivity (Wildman–Crippen MR) is 63.6 cm³/mol. The molecule has 0 saturated heterocycles. The number of para-hydroxylation sites is 2. The highest BCUT2D eigenvalue weighted by molar-refractivity contribution is 5.99. The zero-order valence-electron chi connectivity index (χ0n) is 9.71. The molecule has 94 valence electrons. The Kier molecular flexibility index (Phi) is 3.27. The van der Waals surface area contributed by atoms with Gasteiger partial charge in [-0.15, -0.1) is 0 Å². The van der Waals surface area contributed by atoms with Crippen molar-refractivity contribution in [1.82, 2.24) is 10.3 Å². The summed E-state index contributed by atoms with van der Waals surface area (Å²) in [6, 6.07) is 6.14. The van der Waals surface area contributed by atoms with E-state index in [0.717, 1.165) is 0 Å². The number of aromatic nitrogens is 1. The maximum Gasteiger partial charge on any atom is 0.405 e. The Morgan fingerprint density at radius 2 is 2.17 bits per heavy atom. The largest absolute Gasteiger partial charge is 0.465 e. The molecule has 1 heterocycles. The molecule has 1 unspecified atom stereocenters. The maximum atomic E-state index is 12.0. The van der Waals surface area contributed by atoms with Crippen LogP contribution in [0, 0.1) is 0 Å². The lowest BCUT2D eigenvalue weighted by Crippen LogP contribution is -2.39. The number of hydrogen-bond acceptors (Lipinski definition) is 4. The third-order valence-electron chi connectivity index (χ3n) is 2.53. The Balaban J connectivity index is 2.29. The van der Waals surface area contributed by atoms with Crippen LogP contribution in [0.3, 0.4) is 0 Å². The number of amides is 1. The molecule has 1 aromatic carbocycles. The number of carbonyl (C=O) groups excluding carboxylic acids is 1. The quantitative estimate of drug-likeness (QED) is 0.808. The monoisotopic (exact) mass is 248 g/mol. The molecule has 0 aliphatic carbocycles. The van der Waals surface area contributed by atoms with Gasteiger partial charge in [0.25, 0.3) is 5.89 Å². The third-order valence-corrected chi connectivity index (χ3v) is 2.53. The second-order valence-corrected chi connectivity index (χ2v) is 3.76. The van der Waals surface area contributed by atoms with Gasteiger partial charge in [-0.3, -0.25) is 4.79 Å². The number of hydrogen-bond donors (Lipinski definition) is 2. The first kappa shape index (κ1) is 12.1. The number of nitrogens with zero attached hydrogens (tertiary/aromatic N) is 1. The third kappa shape index (κ3) is 2.32. The molecular weight excluding hydrogens is 236 g/mol. The highest BCUT2D eigenvalue weighted by Gasteiger charge is 2.24. The van der Waals surface area contributed by atoms with Crippen molar-refractivity contribution in [2.75, 3.05) is 0 Å². The van der Waals surface area contributed by atoms with Gasteiger partial charge in [-0.25, -0.2) is 9.78 Å². The summed E-state index contributed by atoms with van der Waals surface area (Å²) in [6.45, 7) is 1.71. The molecule has 2 aromatic rings. The maximum absolute atomic E-state index is 12.0. The molecule has 2 rings (SSSR count). The molecule has 6 nitrogen and oxygen atoms in total. The van der Waals surface area contributed by atoms with Crippen molar-refractivity contribution >= 4 is 23.0 Å². The molecule has 0 saturated carbocycles. The fourth-order valence-corrected chi connectivity index (χ4v) is 1.63. The smallest absolute Gasteiger partial charge is 0.405 e. The molecule has 0 radical (unpaired) electrons. The average molecular weight is 248 g/mol. The molecule has 1 aromatic heterocycles. The fraction of sp³-hybridized carbons (Fsp3) is 0.250. The van der Waals surface area contributed by atoms with Crippen LogP contribution in [-0.4, -0.2) is 28.0 Å². The van der Waals surface area contributed by atoms with Crippen LogP contribution < -0.4 is 5.32 Å². The number of fused-ring (bicyclic) bond motifs is 1. The summed E-state index contributed by atoms with van der Waals surface area (Å²) in [5, 5.41) is 10.8. The minimum atomic E-state index is -1.24. The van der Waals surface area contributed by atoms with Gasteiger partial charge in [0.2, 0.25) is 5.78 Å². The van der Waals surface area contributed by atoms with E-state index in [1.807, 2.05) is 0 Å². The molecule has 18 heavy (non-hydrogen) atoms. The van der Waals surface area contributed by atoms with Crippen molar-refractivity contribution in [3.63, 3.8) is 0 Å². The van der Waals surface area contributed by atoms with E-state index >= 15 is 0 Å². The summed E-state index contributed by atoms with van der Waals surface area (Å²) in [7, 11) is 0. The number of carboxylic acid groups (broad SMARTS) is 1. The lowest BCUT2D eigenvalue weighted by atomic mass is 10.1. The normalized spacial score (nSPS) is 12.3. The molecule has 1 amide bonds. The van der Waals surface area contributed by atoms with Crippen LogP contribution in [0.5, 0.6) is 0 Å². The van der Waals surface area contributed by atoms with E-state index in [-0.39, 0.29) is 5.89 Å². The van der Waals surface area contributed by atoms with E-state index in [0.29, 0.717) is 17.5 Å². The Bertz CT molecular complexity index is 558. The minimum absolute atomic E-state index is 0.0724. The van der Waals surface area contributed by atoms with E-state index in [1.165, 1.54) is 0 Å². The first-order valence-corrected chi connectivity index (χ1v) is 5.51. The molecule has 0 fully saturated rings. The minimum Gasteiger partial charge on any atom is -0.465 e. The van der Waals surface area contributed by atoms with Gasteiger partial charge in [-0.2, -0.15) is 0 Å². The molecule has 0 aliphatic heterocycles. The van der Waals surface area contributed by atoms with Crippen LogP contribution in [0.25, 0.3) is 11.1 Å². The number of Topliss-reactive ketones (excluding diaryl/α,β-unsaturated/α-hetero) is 1. The molecule has 0 aliphatic rings. The van der Waals surface area contributed by atoms with Gasteiger partial charge in [0.1, 0.15) is 11.6 Å². The second-order valence-electron chi connectivity index (χ2n) is 3.76. The predicted octanol–water partition coefficient (Wildman–Crippen LogP) is 2.06. The Morgan fingerprint density at radius 3 is 2.78 bits per heavy atom. The van der Waals surface area contributed by atoms with E-state index in [4.69, 9.17) is 9.52 Å². The molecule has 0 spiro atoms. The van der Waals surface area contributed by atoms with Crippen LogP contribution in [0.4, 0.5) is 4.79 Å². The van der Waals surface area contributed by atoms with Crippen LogP contribution in [0.15, 0.2) is 28.7 Å². The first-order chi connectivity index (χ1) is 8.61. The van der Waals surface area contributed by atoms with E-state index in [1.54, 1.807) is 31.2 Å². The Morgan fingerprint density at radius 1 is 1.44 bits per heavy atom. The molecule has 2 N–H and O–H groups in total. The number of oxazole rings is 1. The summed E-state index contributed by atoms with van der Waals surface area (Å²) >= 11 is 0. The van der Waals surface area contributed by atoms with Crippen LogP contribution in [-0.2, 0) is 0 Å². The highest BCUT2D eigenvalue weighted by atomic mass is 16.4. The standard InChI is InChI=1S/C12H12N2O4/c1-2-7(14-12(16)17)10(15)11-13-8-5-3-4-6-9(8)18-11/h3-7,14H,2H2,1H3,(H,16,17). The van der Waals surface area contributed by atoms with E-state index < -0.39 is 17.9 Å². The van der Waals surface area contributed by atoms with Crippen LogP contribution >= 0.6 is 0 Å². The van der Waals surface area contributed by atoms with Gasteiger partial charge < -0.3 is 14.8 Å². The number of benzene rings is 1. The summed E-state index contributed by atoms with van der Waals surface area (Å²) in [6.07, 6.45) is -0.907. The van der Waals surface area contributed by atoms with Gasteiger partial charge in [-0.1, -0.05) is 19.1 Å². The van der Waals surface area contributed by atoms with Gasteiger partial charge in [-0.05, 0) is 18.6 Å². The molecule has 6 heteroatoms. The zero-order valence-corrected chi connectivity index (χ0v) is 9.71. The lowest BCUT2D eigenvalue weighted by Gasteiger charge is -2.10. The van der Waals surface area contributed by atoms with Crippen molar-refractivity contribution < 1.29 is 19.1 Å². The highest BCUT2D eigenvalue weighted by Crippen LogP contribution is 2.16. The van der Waals surface area contributed by atoms with Crippen LogP contribution in [0.1, 0.15) is 24.0 Å². The van der Waals surface area contributed by atoms with Crippen molar-refractivity contribution in [3.8, 4) is 0 Å². The average Bonchev–Trinajstić information content (AvgIpc) is 2.78. The second kappa shape index (κ2) is 4.87. The van der Waals surface area contributed by atoms with Crippen molar-refractivity contribution in [1.29, 1.82) is 0 Å². The molecular formula is C12H12N2O4. The summed E-state index contributed by atoms with van der Waals surface area (Å²) < 4.78 is 5.30. The first-order valence-electron chi connectivity index (χ1n) is 5.51.